The monoisotopic (exact) mass is 316 g/mol. The van der Waals surface area contributed by atoms with Gasteiger partial charge in [0.25, 0.3) is 5.56 Å². The van der Waals surface area contributed by atoms with Gasteiger partial charge in [0.2, 0.25) is 0 Å². The molecule has 6 nitrogen and oxygen atoms in total. The number of aromatic nitrogens is 4. The van der Waals surface area contributed by atoms with Crippen molar-refractivity contribution in [3.8, 4) is 0 Å². The molecule has 0 spiro atoms. The minimum Gasteiger partial charge on any atom is -0.381 e. The SMILES string of the molecule is Cn1c(C2CCCCC2)nn2c(C3CCOCC3)ncc2c1=O. The minimum atomic E-state index is 0.0198. The van der Waals surface area contributed by atoms with Crippen molar-refractivity contribution in [2.24, 2.45) is 7.05 Å². The van der Waals surface area contributed by atoms with Crippen molar-refractivity contribution < 1.29 is 4.74 Å². The van der Waals surface area contributed by atoms with Gasteiger partial charge in [0.05, 0.1) is 6.20 Å². The first-order valence-corrected chi connectivity index (χ1v) is 8.78. The van der Waals surface area contributed by atoms with E-state index >= 15 is 0 Å². The first kappa shape index (κ1) is 14.9. The summed E-state index contributed by atoms with van der Waals surface area (Å²) in [5, 5.41) is 4.87. The number of hydrogen-bond donors (Lipinski definition) is 0. The third kappa shape index (κ3) is 2.59. The Morgan fingerprint density at radius 3 is 2.48 bits per heavy atom. The van der Waals surface area contributed by atoms with Crippen LogP contribution < -0.4 is 5.56 Å². The molecule has 0 unspecified atom stereocenters. The summed E-state index contributed by atoms with van der Waals surface area (Å²) >= 11 is 0. The maximum absolute atomic E-state index is 12.7. The van der Waals surface area contributed by atoms with Crippen LogP contribution in [0.3, 0.4) is 0 Å². The highest BCUT2D eigenvalue weighted by molar-refractivity contribution is 5.43. The van der Waals surface area contributed by atoms with E-state index in [0.29, 0.717) is 17.4 Å². The number of imidazole rings is 1. The number of hydrogen-bond acceptors (Lipinski definition) is 4. The van der Waals surface area contributed by atoms with E-state index in [-0.39, 0.29) is 5.56 Å². The molecular formula is C17H24N4O2. The van der Waals surface area contributed by atoms with Gasteiger partial charge in [-0.3, -0.25) is 9.36 Å². The lowest BCUT2D eigenvalue weighted by atomic mass is 9.88. The van der Waals surface area contributed by atoms with Gasteiger partial charge in [-0.2, -0.15) is 5.10 Å². The van der Waals surface area contributed by atoms with Gasteiger partial charge >= 0.3 is 0 Å². The Bertz CT molecular complexity index is 752. The average molecular weight is 316 g/mol. The third-order valence-corrected chi connectivity index (χ3v) is 5.39. The van der Waals surface area contributed by atoms with E-state index in [9.17, 15) is 4.79 Å². The van der Waals surface area contributed by atoms with Crippen molar-refractivity contribution in [1.82, 2.24) is 19.2 Å². The lowest BCUT2D eigenvalue weighted by molar-refractivity contribution is 0.0832. The predicted octanol–water partition coefficient (Wildman–Crippen LogP) is 2.37. The molecule has 0 N–H and O–H groups in total. The molecule has 2 fully saturated rings. The van der Waals surface area contributed by atoms with E-state index in [1.54, 1.807) is 10.8 Å². The molecule has 0 amide bonds. The minimum absolute atomic E-state index is 0.0198. The Hall–Kier alpha value is -1.69. The molecule has 23 heavy (non-hydrogen) atoms. The van der Waals surface area contributed by atoms with E-state index in [1.807, 2.05) is 11.6 Å². The zero-order chi connectivity index (χ0) is 15.8. The lowest BCUT2D eigenvalue weighted by Gasteiger charge is -2.24. The summed E-state index contributed by atoms with van der Waals surface area (Å²) in [4.78, 5) is 17.3. The van der Waals surface area contributed by atoms with Gasteiger partial charge in [-0.1, -0.05) is 19.3 Å². The molecule has 2 aromatic heterocycles. The normalized spacial score (nSPS) is 21.1. The van der Waals surface area contributed by atoms with Crippen LogP contribution in [0.1, 0.15) is 68.4 Å². The first-order valence-electron chi connectivity index (χ1n) is 8.78. The summed E-state index contributed by atoms with van der Waals surface area (Å²) in [6, 6.07) is 0. The fraction of sp³-hybridized carbons (Fsp3) is 0.706. The summed E-state index contributed by atoms with van der Waals surface area (Å²) in [6.45, 7) is 1.53. The molecule has 0 bridgehead atoms. The number of ether oxygens (including phenoxy) is 1. The number of nitrogens with zero attached hydrogens (tertiary/aromatic N) is 4. The molecule has 1 saturated heterocycles. The van der Waals surface area contributed by atoms with Gasteiger partial charge in [-0.15, -0.1) is 0 Å². The molecule has 6 heteroatoms. The first-order chi connectivity index (χ1) is 11.3. The van der Waals surface area contributed by atoms with E-state index in [4.69, 9.17) is 9.84 Å². The van der Waals surface area contributed by atoms with Crippen molar-refractivity contribution in [2.45, 2.75) is 56.8 Å². The summed E-state index contributed by atoms with van der Waals surface area (Å²) in [6.07, 6.45) is 9.62. The van der Waals surface area contributed by atoms with Gasteiger partial charge in [-0.25, -0.2) is 9.50 Å². The van der Waals surface area contributed by atoms with Crippen molar-refractivity contribution in [1.29, 1.82) is 0 Å². The molecule has 2 aromatic rings. The summed E-state index contributed by atoms with van der Waals surface area (Å²) in [5.74, 6) is 2.59. The Labute approximate surface area is 135 Å². The number of fused-ring (bicyclic) bond motifs is 1. The van der Waals surface area contributed by atoms with E-state index in [2.05, 4.69) is 4.98 Å². The topological polar surface area (TPSA) is 61.4 Å². The van der Waals surface area contributed by atoms with Gasteiger partial charge in [0.15, 0.2) is 5.52 Å². The summed E-state index contributed by atoms with van der Waals surface area (Å²) in [5.41, 5.74) is 0.611. The van der Waals surface area contributed by atoms with Crippen LogP contribution in [0.5, 0.6) is 0 Å². The molecule has 0 radical (unpaired) electrons. The quantitative estimate of drug-likeness (QED) is 0.853. The Kier molecular flexibility index (Phi) is 3.93. The third-order valence-electron chi connectivity index (χ3n) is 5.39. The van der Waals surface area contributed by atoms with Gasteiger partial charge < -0.3 is 4.74 Å². The molecule has 0 aromatic carbocycles. The highest BCUT2D eigenvalue weighted by atomic mass is 16.5. The maximum atomic E-state index is 12.7. The Morgan fingerprint density at radius 2 is 1.74 bits per heavy atom. The zero-order valence-corrected chi connectivity index (χ0v) is 13.7. The Balaban J connectivity index is 1.81. The van der Waals surface area contributed by atoms with Crippen molar-refractivity contribution >= 4 is 5.52 Å². The molecule has 1 aliphatic heterocycles. The second-order valence-corrected chi connectivity index (χ2v) is 6.86. The smallest absolute Gasteiger partial charge is 0.279 e. The largest absolute Gasteiger partial charge is 0.381 e. The summed E-state index contributed by atoms with van der Waals surface area (Å²) in [7, 11) is 1.85. The number of rotatable bonds is 2. The van der Waals surface area contributed by atoms with Crippen molar-refractivity contribution in [2.75, 3.05) is 13.2 Å². The molecule has 0 atom stereocenters. The van der Waals surface area contributed by atoms with Crippen LogP contribution in [-0.2, 0) is 11.8 Å². The van der Waals surface area contributed by atoms with Gasteiger partial charge in [-0.05, 0) is 25.7 Å². The standard InChI is InChI=1S/C17H24N4O2/c1-20-16(12-5-3-2-4-6-12)19-21-14(17(20)22)11-18-15(21)13-7-9-23-10-8-13/h11-13H,2-10H2,1H3. The predicted molar refractivity (Wildman–Crippen MR) is 86.8 cm³/mol. The van der Waals surface area contributed by atoms with Crippen LogP contribution in [0.25, 0.3) is 5.52 Å². The van der Waals surface area contributed by atoms with Gasteiger partial charge in [0.1, 0.15) is 11.6 Å². The van der Waals surface area contributed by atoms with Crippen molar-refractivity contribution in [3.63, 3.8) is 0 Å². The van der Waals surface area contributed by atoms with Crippen LogP contribution >= 0.6 is 0 Å². The second-order valence-electron chi connectivity index (χ2n) is 6.86. The summed E-state index contributed by atoms with van der Waals surface area (Å²) < 4.78 is 9.01. The van der Waals surface area contributed by atoms with E-state index < -0.39 is 0 Å². The maximum Gasteiger partial charge on any atom is 0.279 e. The fourth-order valence-electron chi connectivity index (χ4n) is 4.01. The van der Waals surface area contributed by atoms with Crippen LogP contribution in [0.2, 0.25) is 0 Å². The van der Waals surface area contributed by atoms with Gasteiger partial charge in [0, 0.05) is 32.1 Å². The highest BCUT2D eigenvalue weighted by Gasteiger charge is 2.25. The Morgan fingerprint density at radius 1 is 1.04 bits per heavy atom. The van der Waals surface area contributed by atoms with Crippen LogP contribution in [0.15, 0.2) is 11.0 Å². The van der Waals surface area contributed by atoms with Crippen molar-refractivity contribution in [3.05, 3.63) is 28.2 Å². The molecule has 4 rings (SSSR count). The van der Waals surface area contributed by atoms with E-state index in [0.717, 1.165) is 50.5 Å². The molecular weight excluding hydrogens is 292 g/mol. The highest BCUT2D eigenvalue weighted by Crippen LogP contribution is 2.31. The van der Waals surface area contributed by atoms with Crippen LogP contribution in [-0.4, -0.2) is 32.4 Å². The molecule has 3 heterocycles. The molecule has 1 saturated carbocycles. The second kappa shape index (κ2) is 6.07. The molecule has 2 aliphatic rings. The van der Waals surface area contributed by atoms with Crippen LogP contribution in [0, 0.1) is 0 Å². The molecule has 1 aliphatic carbocycles. The zero-order valence-electron chi connectivity index (χ0n) is 13.7. The molecule has 124 valence electrons. The fourth-order valence-corrected chi connectivity index (χ4v) is 4.01. The lowest BCUT2D eigenvalue weighted by Crippen LogP contribution is -2.28. The van der Waals surface area contributed by atoms with E-state index in [1.165, 1.54) is 19.3 Å². The average Bonchev–Trinajstić information content (AvgIpc) is 3.03. The van der Waals surface area contributed by atoms with Crippen LogP contribution in [0.4, 0.5) is 0 Å².